The molecule has 0 amide bonds. The topological polar surface area (TPSA) is 94.5 Å². The minimum Gasteiger partial charge on any atom is -0.433 e. The van der Waals surface area contributed by atoms with Crippen molar-refractivity contribution in [1.29, 1.82) is 0 Å². The van der Waals surface area contributed by atoms with Gasteiger partial charge in [-0.1, -0.05) is 6.92 Å². The van der Waals surface area contributed by atoms with Gasteiger partial charge in [-0.3, -0.25) is 4.79 Å². The summed E-state index contributed by atoms with van der Waals surface area (Å²) in [5.41, 5.74) is 0. The normalized spacial score (nSPS) is 36.6. The highest BCUT2D eigenvalue weighted by Crippen LogP contribution is 2.40. The Morgan fingerprint density at radius 2 is 2.00 bits per heavy atom. The maximum atomic E-state index is 11.6. The van der Waals surface area contributed by atoms with E-state index in [2.05, 4.69) is 0 Å². The van der Waals surface area contributed by atoms with E-state index in [0.717, 1.165) is 0 Å². The van der Waals surface area contributed by atoms with Crippen molar-refractivity contribution in [2.45, 2.75) is 70.1 Å². The van der Waals surface area contributed by atoms with Crippen molar-refractivity contribution in [1.82, 2.24) is 0 Å². The molecule has 2 saturated heterocycles. The van der Waals surface area contributed by atoms with Crippen LogP contribution in [0.25, 0.3) is 0 Å². The summed E-state index contributed by atoms with van der Waals surface area (Å²) in [6.07, 6.45) is -3.04. The predicted octanol–water partition coefficient (Wildman–Crippen LogP) is -0.0721. The number of ether oxygens (including phenoxy) is 4. The molecule has 5 atom stereocenters. The van der Waals surface area contributed by atoms with E-state index in [1.54, 1.807) is 13.8 Å². The molecule has 2 N–H and O–H groups in total. The van der Waals surface area contributed by atoms with Gasteiger partial charge < -0.3 is 29.2 Å². The van der Waals surface area contributed by atoms with E-state index in [4.69, 9.17) is 24.1 Å². The summed E-state index contributed by atoms with van der Waals surface area (Å²) in [7, 11) is 0. The van der Waals surface area contributed by atoms with Crippen LogP contribution in [0.3, 0.4) is 0 Å². The lowest BCUT2D eigenvalue weighted by Gasteiger charge is -2.25. The van der Waals surface area contributed by atoms with Crippen LogP contribution in [0.15, 0.2) is 0 Å². The number of hydrogen-bond acceptors (Lipinski definition) is 7. The van der Waals surface area contributed by atoms with Crippen LogP contribution in [-0.4, -0.2) is 59.3 Å². The highest BCUT2D eigenvalue weighted by Gasteiger charge is 2.58. The first-order chi connectivity index (χ1) is 9.38. The maximum Gasteiger partial charge on any atom is 0.308 e. The molecule has 2 heterocycles. The van der Waals surface area contributed by atoms with Crippen molar-refractivity contribution in [3.05, 3.63) is 0 Å². The Balaban J connectivity index is 2.08. The zero-order chi connectivity index (χ0) is 14.9. The number of hydrogen-bond donors (Lipinski definition) is 2. The van der Waals surface area contributed by atoms with Gasteiger partial charge in [0.05, 0.1) is 6.61 Å². The molecule has 0 aromatic heterocycles. The monoisotopic (exact) mass is 290 g/mol. The second kappa shape index (κ2) is 5.95. The van der Waals surface area contributed by atoms with Crippen LogP contribution < -0.4 is 0 Å². The van der Waals surface area contributed by atoms with Crippen molar-refractivity contribution in [3.63, 3.8) is 0 Å². The van der Waals surface area contributed by atoms with Crippen LogP contribution in [-0.2, 0) is 23.7 Å². The summed E-state index contributed by atoms with van der Waals surface area (Å²) in [6.45, 7) is 4.88. The van der Waals surface area contributed by atoms with Gasteiger partial charge in [0.25, 0.3) is 0 Å². The summed E-state index contributed by atoms with van der Waals surface area (Å²) < 4.78 is 22.1. The van der Waals surface area contributed by atoms with E-state index < -0.39 is 43.1 Å². The van der Waals surface area contributed by atoms with Crippen LogP contribution >= 0.6 is 0 Å². The van der Waals surface area contributed by atoms with Crippen LogP contribution in [0.1, 0.15) is 33.6 Å². The molecule has 2 fully saturated rings. The molecular formula is C13H22O7. The van der Waals surface area contributed by atoms with E-state index in [1.807, 2.05) is 6.92 Å². The Morgan fingerprint density at radius 1 is 1.35 bits per heavy atom. The van der Waals surface area contributed by atoms with E-state index in [0.29, 0.717) is 6.42 Å². The molecule has 116 valence electrons. The van der Waals surface area contributed by atoms with Gasteiger partial charge in [0.15, 0.2) is 11.9 Å². The molecule has 0 spiro atoms. The number of fused-ring (bicyclic) bond motifs is 1. The van der Waals surface area contributed by atoms with Crippen molar-refractivity contribution in [3.8, 4) is 0 Å². The first-order valence-electron chi connectivity index (χ1n) is 6.87. The molecule has 0 radical (unpaired) electrons. The Morgan fingerprint density at radius 3 is 2.60 bits per heavy atom. The quantitative estimate of drug-likeness (QED) is 0.684. The van der Waals surface area contributed by atoms with Gasteiger partial charge in [0, 0.05) is 6.42 Å². The second-order valence-corrected chi connectivity index (χ2v) is 5.52. The molecule has 2 aliphatic heterocycles. The van der Waals surface area contributed by atoms with E-state index in [1.165, 1.54) is 0 Å². The molecule has 0 unspecified atom stereocenters. The molecule has 2 aliphatic rings. The molecule has 7 nitrogen and oxygen atoms in total. The fraction of sp³-hybridized carbons (Fsp3) is 0.923. The zero-order valence-corrected chi connectivity index (χ0v) is 11.9. The summed E-state index contributed by atoms with van der Waals surface area (Å²) >= 11 is 0. The maximum absolute atomic E-state index is 11.6. The van der Waals surface area contributed by atoms with Crippen LogP contribution in [0.4, 0.5) is 0 Å². The average Bonchev–Trinajstić information content (AvgIpc) is 2.83. The molecular weight excluding hydrogens is 268 g/mol. The molecule has 7 heteroatoms. The highest BCUT2D eigenvalue weighted by molar-refractivity contribution is 5.69. The zero-order valence-electron chi connectivity index (χ0n) is 11.9. The van der Waals surface area contributed by atoms with Crippen molar-refractivity contribution in [2.24, 2.45) is 0 Å². The largest absolute Gasteiger partial charge is 0.433 e. The lowest BCUT2D eigenvalue weighted by Crippen LogP contribution is -2.40. The Labute approximate surface area is 117 Å². The number of aliphatic hydroxyl groups excluding tert-OH is 2. The fourth-order valence-electron chi connectivity index (χ4n) is 2.49. The lowest BCUT2D eigenvalue weighted by atomic mass is 10.1. The van der Waals surface area contributed by atoms with Gasteiger partial charge in [-0.2, -0.15) is 0 Å². The third-order valence-corrected chi connectivity index (χ3v) is 3.31. The smallest absolute Gasteiger partial charge is 0.308 e. The van der Waals surface area contributed by atoms with E-state index >= 15 is 0 Å². The molecule has 20 heavy (non-hydrogen) atoms. The van der Waals surface area contributed by atoms with E-state index in [-0.39, 0.29) is 12.4 Å². The van der Waals surface area contributed by atoms with Gasteiger partial charge in [0.1, 0.15) is 18.3 Å². The number of aliphatic hydroxyl groups is 2. The summed E-state index contributed by atoms with van der Waals surface area (Å²) in [5, 5.41) is 18.8. The highest BCUT2D eigenvalue weighted by atomic mass is 16.8. The Hall–Kier alpha value is -0.730. The Bertz CT molecular complexity index is 357. The molecule has 0 aliphatic carbocycles. The molecule has 0 aromatic rings. The number of carbonyl (C=O) groups is 1. The van der Waals surface area contributed by atoms with E-state index in [9.17, 15) is 9.90 Å². The average molecular weight is 290 g/mol. The van der Waals surface area contributed by atoms with Crippen LogP contribution in [0.2, 0.25) is 0 Å². The summed E-state index contributed by atoms with van der Waals surface area (Å²) in [6, 6.07) is 0. The molecule has 0 saturated carbocycles. The van der Waals surface area contributed by atoms with Gasteiger partial charge in [-0.05, 0) is 20.3 Å². The summed E-state index contributed by atoms with van der Waals surface area (Å²) in [4.78, 5) is 11.6. The predicted molar refractivity (Wildman–Crippen MR) is 66.6 cm³/mol. The third kappa shape index (κ3) is 3.12. The number of esters is 1. The van der Waals surface area contributed by atoms with Crippen molar-refractivity contribution >= 4 is 5.97 Å². The van der Waals surface area contributed by atoms with Crippen LogP contribution in [0.5, 0.6) is 0 Å². The minimum atomic E-state index is -1.12. The first-order valence-corrected chi connectivity index (χ1v) is 6.87. The number of rotatable bonds is 5. The fourth-order valence-corrected chi connectivity index (χ4v) is 2.49. The molecule has 2 rings (SSSR count). The molecule has 0 bridgehead atoms. The SMILES string of the molecule is CCCC(=O)O[C@H]1O[C@H]([C@H](O)CO)[C@H]2OC(C)(C)O[C@@H]12. The lowest BCUT2D eigenvalue weighted by molar-refractivity contribution is -0.241. The standard InChI is InChI=1S/C13H22O7/c1-4-5-8(16)17-12-11-10(19-13(2,3)20-11)9(18-12)7(15)6-14/h7,9-12,14-15H,4-6H2,1-3H3/t7-,9-,10-,11-,12+/m1/s1. The van der Waals surface area contributed by atoms with Crippen molar-refractivity contribution in [2.75, 3.05) is 6.61 Å². The van der Waals surface area contributed by atoms with Gasteiger partial charge >= 0.3 is 5.97 Å². The summed E-state index contributed by atoms with van der Waals surface area (Å²) in [5.74, 6) is -1.23. The van der Waals surface area contributed by atoms with Gasteiger partial charge in [-0.15, -0.1) is 0 Å². The second-order valence-electron chi connectivity index (χ2n) is 5.52. The van der Waals surface area contributed by atoms with Gasteiger partial charge in [-0.25, -0.2) is 0 Å². The molecule has 0 aromatic carbocycles. The van der Waals surface area contributed by atoms with Crippen molar-refractivity contribution < 1.29 is 34.0 Å². The minimum absolute atomic E-state index is 0.286. The Kier molecular flexibility index (Phi) is 4.66. The number of carbonyl (C=O) groups excluding carboxylic acids is 1. The third-order valence-electron chi connectivity index (χ3n) is 3.31. The van der Waals surface area contributed by atoms with Crippen LogP contribution in [0, 0.1) is 0 Å². The first kappa shape index (κ1) is 15.7. The van der Waals surface area contributed by atoms with Gasteiger partial charge in [0.2, 0.25) is 6.29 Å².